The van der Waals surface area contributed by atoms with Gasteiger partial charge in [-0.3, -0.25) is 0 Å². The summed E-state index contributed by atoms with van der Waals surface area (Å²) in [7, 11) is 1.61. The number of hydrogen-bond donors (Lipinski definition) is 0. The van der Waals surface area contributed by atoms with Crippen LogP contribution in [0.25, 0.3) is 0 Å². The lowest BCUT2D eigenvalue weighted by Gasteiger charge is -2.08. The molecule has 0 radical (unpaired) electrons. The summed E-state index contributed by atoms with van der Waals surface area (Å²) in [4.78, 5) is 0. The molecule has 2 nitrogen and oxygen atoms in total. The van der Waals surface area contributed by atoms with Crippen LogP contribution in [0, 0.1) is 13.8 Å². The van der Waals surface area contributed by atoms with Gasteiger partial charge in [0, 0.05) is 11.6 Å². The summed E-state index contributed by atoms with van der Waals surface area (Å²) in [5, 5.41) is 0. The molecule has 1 aromatic rings. The van der Waals surface area contributed by atoms with E-state index in [1.165, 1.54) is 11.1 Å². The Morgan fingerprint density at radius 1 is 1.31 bits per heavy atom. The van der Waals surface area contributed by atoms with Gasteiger partial charge in [0.05, 0.1) is 0 Å². The Morgan fingerprint density at radius 2 is 2.00 bits per heavy atom. The van der Waals surface area contributed by atoms with E-state index in [2.05, 4.69) is 29.8 Å². The van der Waals surface area contributed by atoms with Crippen LogP contribution in [0.3, 0.4) is 0 Å². The molecule has 0 aliphatic heterocycles. The third kappa shape index (κ3) is 2.71. The highest BCUT2D eigenvalue weighted by molar-refractivity contribution is 9.10. The molecule has 1 rings (SSSR count). The van der Waals surface area contributed by atoms with Gasteiger partial charge in [-0.15, -0.1) is 0 Å². The molecule has 0 saturated carbocycles. The Bertz CT molecular complexity index is 274. The zero-order valence-corrected chi connectivity index (χ0v) is 9.64. The summed E-state index contributed by atoms with van der Waals surface area (Å²) in [6.07, 6.45) is 0. The lowest BCUT2D eigenvalue weighted by molar-refractivity contribution is 0.0510. The van der Waals surface area contributed by atoms with Gasteiger partial charge in [-0.2, -0.15) is 0 Å². The molecule has 0 amide bonds. The van der Waals surface area contributed by atoms with Crippen molar-refractivity contribution < 1.29 is 9.47 Å². The number of hydrogen-bond acceptors (Lipinski definition) is 2. The molecule has 0 fully saturated rings. The van der Waals surface area contributed by atoms with Gasteiger partial charge in [0.25, 0.3) is 0 Å². The molecule has 0 unspecified atom stereocenters. The fourth-order valence-electron chi connectivity index (χ4n) is 0.995. The maximum absolute atomic E-state index is 5.32. The second-order valence-corrected chi connectivity index (χ2v) is 3.75. The monoisotopic (exact) mass is 244 g/mol. The first-order chi connectivity index (χ1) is 6.15. The molecule has 0 heterocycles. The van der Waals surface area contributed by atoms with E-state index in [1.54, 1.807) is 7.11 Å². The van der Waals surface area contributed by atoms with Crippen LogP contribution >= 0.6 is 15.9 Å². The summed E-state index contributed by atoms with van der Waals surface area (Å²) >= 11 is 3.47. The standard InChI is InChI=1S/C10H13BrO2/c1-7-4-9(13-6-12-3)5-10(11)8(7)2/h4-5H,6H2,1-3H3. The van der Waals surface area contributed by atoms with Crippen LogP contribution in [-0.4, -0.2) is 13.9 Å². The molecule has 0 spiro atoms. The van der Waals surface area contributed by atoms with Crippen molar-refractivity contribution in [1.29, 1.82) is 0 Å². The normalized spacial score (nSPS) is 10.2. The van der Waals surface area contributed by atoms with Crippen LogP contribution in [0.5, 0.6) is 5.75 Å². The van der Waals surface area contributed by atoms with Gasteiger partial charge in [-0.25, -0.2) is 0 Å². The first-order valence-electron chi connectivity index (χ1n) is 4.03. The Hall–Kier alpha value is -0.540. The summed E-state index contributed by atoms with van der Waals surface area (Å²) in [5.41, 5.74) is 2.45. The van der Waals surface area contributed by atoms with Crippen LogP contribution in [0.15, 0.2) is 16.6 Å². The average molecular weight is 245 g/mol. The van der Waals surface area contributed by atoms with Crippen LogP contribution in [-0.2, 0) is 4.74 Å². The molecule has 1 aromatic carbocycles. The molecule has 72 valence electrons. The van der Waals surface area contributed by atoms with Crippen molar-refractivity contribution >= 4 is 15.9 Å². The number of ether oxygens (including phenoxy) is 2. The van der Waals surface area contributed by atoms with E-state index in [1.807, 2.05) is 12.1 Å². The van der Waals surface area contributed by atoms with Crippen LogP contribution in [0.1, 0.15) is 11.1 Å². The predicted molar refractivity (Wildman–Crippen MR) is 56.1 cm³/mol. The van der Waals surface area contributed by atoms with E-state index in [-0.39, 0.29) is 6.79 Å². The van der Waals surface area contributed by atoms with Crippen molar-refractivity contribution in [1.82, 2.24) is 0 Å². The quantitative estimate of drug-likeness (QED) is 0.762. The zero-order valence-electron chi connectivity index (χ0n) is 8.06. The second-order valence-electron chi connectivity index (χ2n) is 2.90. The molecule has 3 heteroatoms. The highest BCUT2D eigenvalue weighted by Crippen LogP contribution is 2.25. The van der Waals surface area contributed by atoms with Crippen molar-refractivity contribution in [3.8, 4) is 5.75 Å². The molecule has 0 bridgehead atoms. The molecule has 0 aromatic heterocycles. The Kier molecular flexibility index (Phi) is 3.75. The molecule has 0 aliphatic rings. The van der Waals surface area contributed by atoms with E-state index in [9.17, 15) is 0 Å². The van der Waals surface area contributed by atoms with Crippen molar-refractivity contribution in [2.24, 2.45) is 0 Å². The van der Waals surface area contributed by atoms with E-state index in [0.717, 1.165) is 10.2 Å². The van der Waals surface area contributed by atoms with Crippen LogP contribution in [0.4, 0.5) is 0 Å². The molecule has 13 heavy (non-hydrogen) atoms. The predicted octanol–water partition coefficient (Wildman–Crippen LogP) is 3.05. The number of halogens is 1. The molecule has 0 aliphatic carbocycles. The van der Waals surface area contributed by atoms with E-state index < -0.39 is 0 Å². The van der Waals surface area contributed by atoms with Gasteiger partial charge in [-0.05, 0) is 37.1 Å². The summed E-state index contributed by atoms with van der Waals surface area (Å²) in [5.74, 6) is 0.830. The topological polar surface area (TPSA) is 18.5 Å². The Balaban J connectivity index is 2.86. The Morgan fingerprint density at radius 3 is 2.54 bits per heavy atom. The van der Waals surface area contributed by atoms with E-state index in [0.29, 0.717) is 0 Å². The molecular formula is C10H13BrO2. The van der Waals surface area contributed by atoms with Gasteiger partial charge in [0.1, 0.15) is 5.75 Å². The third-order valence-corrected chi connectivity index (χ3v) is 2.74. The van der Waals surface area contributed by atoms with E-state index in [4.69, 9.17) is 9.47 Å². The van der Waals surface area contributed by atoms with Crippen molar-refractivity contribution in [3.05, 3.63) is 27.7 Å². The maximum Gasteiger partial charge on any atom is 0.188 e. The van der Waals surface area contributed by atoms with Gasteiger partial charge < -0.3 is 9.47 Å². The molecular weight excluding hydrogens is 232 g/mol. The van der Waals surface area contributed by atoms with E-state index >= 15 is 0 Å². The average Bonchev–Trinajstić information content (AvgIpc) is 2.10. The minimum atomic E-state index is 0.287. The van der Waals surface area contributed by atoms with Crippen molar-refractivity contribution in [2.45, 2.75) is 13.8 Å². The number of methoxy groups -OCH3 is 1. The minimum absolute atomic E-state index is 0.287. The highest BCUT2D eigenvalue weighted by Gasteiger charge is 2.02. The fourth-order valence-corrected chi connectivity index (χ4v) is 1.53. The number of aryl methyl sites for hydroxylation is 1. The smallest absolute Gasteiger partial charge is 0.188 e. The number of rotatable bonds is 3. The summed E-state index contributed by atoms with van der Waals surface area (Å²) in [6.45, 7) is 4.41. The number of benzene rings is 1. The third-order valence-electron chi connectivity index (χ3n) is 1.92. The second kappa shape index (κ2) is 4.63. The summed E-state index contributed by atoms with van der Waals surface area (Å²) < 4.78 is 11.2. The van der Waals surface area contributed by atoms with Crippen molar-refractivity contribution in [2.75, 3.05) is 13.9 Å². The summed E-state index contributed by atoms with van der Waals surface area (Å²) in [6, 6.07) is 3.94. The fraction of sp³-hybridized carbons (Fsp3) is 0.400. The zero-order chi connectivity index (χ0) is 9.84. The molecule has 0 saturated heterocycles. The van der Waals surface area contributed by atoms with Gasteiger partial charge in [0.2, 0.25) is 0 Å². The first kappa shape index (κ1) is 10.5. The highest BCUT2D eigenvalue weighted by atomic mass is 79.9. The van der Waals surface area contributed by atoms with Gasteiger partial charge in [-0.1, -0.05) is 15.9 Å². The minimum Gasteiger partial charge on any atom is -0.468 e. The van der Waals surface area contributed by atoms with Gasteiger partial charge >= 0.3 is 0 Å². The SMILES string of the molecule is COCOc1cc(C)c(C)c(Br)c1. The van der Waals surface area contributed by atoms with Crippen LogP contribution in [0.2, 0.25) is 0 Å². The molecule has 0 N–H and O–H groups in total. The Labute approximate surface area is 87.0 Å². The molecule has 0 atom stereocenters. The maximum atomic E-state index is 5.32. The van der Waals surface area contributed by atoms with Crippen LogP contribution < -0.4 is 4.74 Å². The first-order valence-corrected chi connectivity index (χ1v) is 4.83. The van der Waals surface area contributed by atoms with Crippen molar-refractivity contribution in [3.63, 3.8) is 0 Å². The lowest BCUT2D eigenvalue weighted by atomic mass is 10.1. The van der Waals surface area contributed by atoms with Gasteiger partial charge in [0.15, 0.2) is 6.79 Å². The largest absolute Gasteiger partial charge is 0.468 e. The lowest BCUT2D eigenvalue weighted by Crippen LogP contribution is -1.99.